The number of piperazine rings is 1. The van der Waals surface area contributed by atoms with Gasteiger partial charge < -0.3 is 10.1 Å². The molecule has 0 spiro atoms. The Balaban J connectivity index is 1.73. The average Bonchev–Trinajstić information content (AvgIpc) is 3.23. The van der Waals surface area contributed by atoms with Crippen LogP contribution in [0.1, 0.15) is 31.1 Å². The summed E-state index contributed by atoms with van der Waals surface area (Å²) in [5, 5.41) is 3.35. The minimum absolute atomic E-state index is 0.0712. The number of nitrogens with one attached hydrogen (secondary N) is 1. The number of sulfonamides is 1. The highest BCUT2D eigenvalue weighted by Crippen LogP contribution is 2.36. The van der Waals surface area contributed by atoms with Crippen LogP contribution in [0.2, 0.25) is 0 Å². The van der Waals surface area contributed by atoms with E-state index in [1.165, 1.54) is 15.6 Å². The fourth-order valence-electron chi connectivity index (χ4n) is 3.52. The number of rotatable bonds is 8. The molecule has 1 aromatic heterocycles. The van der Waals surface area contributed by atoms with Gasteiger partial charge in [-0.1, -0.05) is 30.3 Å². The van der Waals surface area contributed by atoms with Gasteiger partial charge in [-0.15, -0.1) is 11.3 Å². The van der Waals surface area contributed by atoms with Crippen LogP contribution in [0.3, 0.4) is 0 Å². The van der Waals surface area contributed by atoms with Gasteiger partial charge in [-0.3, -0.25) is 9.69 Å². The van der Waals surface area contributed by atoms with Crippen LogP contribution in [0.15, 0.2) is 36.4 Å². The third-order valence-electron chi connectivity index (χ3n) is 5.48. The van der Waals surface area contributed by atoms with Crippen molar-refractivity contribution in [3.8, 4) is 10.4 Å². The van der Waals surface area contributed by atoms with Gasteiger partial charge in [-0.25, -0.2) is 13.2 Å². The minimum Gasteiger partial charge on any atom is -0.462 e. The molecule has 174 valence electrons. The molecule has 1 aliphatic heterocycles. The van der Waals surface area contributed by atoms with Crippen molar-refractivity contribution >= 4 is 38.2 Å². The van der Waals surface area contributed by atoms with Crippen LogP contribution in [0.4, 0.5) is 5.00 Å². The Morgan fingerprint density at radius 1 is 1.12 bits per heavy atom. The van der Waals surface area contributed by atoms with Crippen molar-refractivity contribution in [2.45, 2.75) is 26.8 Å². The van der Waals surface area contributed by atoms with Crippen molar-refractivity contribution in [3.63, 3.8) is 0 Å². The van der Waals surface area contributed by atoms with Crippen LogP contribution in [0.5, 0.6) is 0 Å². The van der Waals surface area contributed by atoms with Gasteiger partial charge in [0.1, 0.15) is 5.00 Å². The van der Waals surface area contributed by atoms with Crippen LogP contribution in [0, 0.1) is 0 Å². The summed E-state index contributed by atoms with van der Waals surface area (Å²) in [6.45, 7) is 7.05. The minimum atomic E-state index is -3.23. The number of hydrogen-bond acceptors (Lipinski definition) is 7. The second-order valence-corrected chi connectivity index (χ2v) is 10.8. The predicted octanol–water partition coefficient (Wildman–Crippen LogP) is 2.89. The lowest BCUT2D eigenvalue weighted by atomic mass is 10.1. The first kappa shape index (κ1) is 24.4. The van der Waals surface area contributed by atoms with E-state index in [1.807, 2.05) is 35.2 Å². The third kappa shape index (κ3) is 5.55. The summed E-state index contributed by atoms with van der Waals surface area (Å²) in [6.07, 6.45) is 0. The maximum absolute atomic E-state index is 13.0. The van der Waals surface area contributed by atoms with Gasteiger partial charge in [0.15, 0.2) is 0 Å². The molecule has 0 aliphatic carbocycles. The van der Waals surface area contributed by atoms with Crippen molar-refractivity contribution in [3.05, 3.63) is 42.0 Å². The summed E-state index contributed by atoms with van der Waals surface area (Å²) in [4.78, 5) is 28.3. The molecule has 0 bridgehead atoms. The van der Waals surface area contributed by atoms with E-state index in [9.17, 15) is 18.0 Å². The molecule has 1 saturated heterocycles. The number of amides is 1. The van der Waals surface area contributed by atoms with Crippen LogP contribution >= 0.6 is 11.3 Å². The van der Waals surface area contributed by atoms with Crippen LogP contribution in [-0.4, -0.2) is 74.1 Å². The molecule has 8 nitrogen and oxygen atoms in total. The van der Waals surface area contributed by atoms with Crippen LogP contribution in [0.25, 0.3) is 10.4 Å². The Bertz CT molecular complexity index is 1040. The van der Waals surface area contributed by atoms with Gasteiger partial charge in [0.05, 0.1) is 24.0 Å². The van der Waals surface area contributed by atoms with Crippen molar-refractivity contribution in [1.29, 1.82) is 0 Å². The van der Waals surface area contributed by atoms with Crippen LogP contribution < -0.4 is 5.32 Å². The fraction of sp³-hybridized carbons (Fsp3) is 0.455. The number of benzene rings is 1. The highest BCUT2D eigenvalue weighted by Gasteiger charge is 2.31. The molecule has 1 amide bonds. The second-order valence-electron chi connectivity index (χ2n) is 7.44. The zero-order chi connectivity index (χ0) is 23.3. The summed E-state index contributed by atoms with van der Waals surface area (Å²) in [5.41, 5.74) is 1.28. The maximum atomic E-state index is 13.0. The first-order valence-corrected chi connectivity index (χ1v) is 13.1. The SMILES string of the molecule is CCOC(=O)c1cc(-c2ccccc2)sc1NC(=O)C(C)N1CCN(S(=O)(=O)CC)CC1. The lowest BCUT2D eigenvalue weighted by Crippen LogP contribution is -2.54. The third-order valence-corrected chi connectivity index (χ3v) is 8.46. The van der Waals surface area contributed by atoms with E-state index in [4.69, 9.17) is 4.74 Å². The van der Waals surface area contributed by atoms with Gasteiger partial charge in [0.2, 0.25) is 15.9 Å². The Labute approximate surface area is 193 Å². The molecule has 1 N–H and O–H groups in total. The standard InChI is InChI=1S/C22H29N3O5S2/c1-4-30-22(27)18-15-19(17-9-7-6-8-10-17)31-21(18)23-20(26)16(3)24-11-13-25(14-12-24)32(28,29)5-2/h6-10,15-16H,4-5,11-14H2,1-3H3,(H,23,26). The second kappa shape index (κ2) is 10.6. The van der Waals surface area contributed by atoms with E-state index in [0.717, 1.165) is 10.4 Å². The number of carbonyl (C=O) groups is 2. The Morgan fingerprint density at radius 3 is 2.38 bits per heavy atom. The smallest absolute Gasteiger partial charge is 0.341 e. The Hall–Kier alpha value is -2.27. The van der Waals surface area contributed by atoms with Gasteiger partial charge in [0, 0.05) is 31.1 Å². The molecule has 1 aliphatic rings. The number of thiophene rings is 1. The monoisotopic (exact) mass is 479 g/mol. The zero-order valence-corrected chi connectivity index (χ0v) is 20.2. The molecule has 0 radical (unpaired) electrons. The van der Waals surface area contributed by atoms with E-state index in [2.05, 4.69) is 5.32 Å². The molecular formula is C22H29N3O5S2. The Morgan fingerprint density at radius 2 is 1.78 bits per heavy atom. The molecule has 10 heteroatoms. The molecule has 1 unspecified atom stereocenters. The predicted molar refractivity (Wildman–Crippen MR) is 126 cm³/mol. The lowest BCUT2D eigenvalue weighted by molar-refractivity contribution is -0.121. The molecule has 1 aromatic carbocycles. The van der Waals surface area contributed by atoms with Crippen molar-refractivity contribution < 1.29 is 22.7 Å². The number of anilines is 1. The maximum Gasteiger partial charge on any atom is 0.341 e. The quantitative estimate of drug-likeness (QED) is 0.585. The lowest BCUT2D eigenvalue weighted by Gasteiger charge is -2.36. The summed E-state index contributed by atoms with van der Waals surface area (Å²) in [5.74, 6) is -0.655. The number of ether oxygens (including phenoxy) is 1. The van der Waals surface area contributed by atoms with Crippen molar-refractivity contribution in [2.75, 3.05) is 43.9 Å². The number of carbonyl (C=O) groups excluding carboxylic acids is 2. The van der Waals surface area contributed by atoms with Gasteiger partial charge >= 0.3 is 5.97 Å². The topological polar surface area (TPSA) is 96.0 Å². The molecule has 1 fully saturated rings. The van der Waals surface area contributed by atoms with Crippen molar-refractivity contribution in [1.82, 2.24) is 9.21 Å². The Kier molecular flexibility index (Phi) is 8.05. The number of nitrogens with zero attached hydrogens (tertiary/aromatic N) is 2. The van der Waals surface area contributed by atoms with E-state index in [0.29, 0.717) is 36.7 Å². The zero-order valence-electron chi connectivity index (χ0n) is 18.5. The summed E-state index contributed by atoms with van der Waals surface area (Å²) in [6, 6.07) is 10.9. The first-order chi connectivity index (χ1) is 15.3. The highest BCUT2D eigenvalue weighted by atomic mass is 32.2. The van der Waals surface area contributed by atoms with Crippen molar-refractivity contribution in [2.24, 2.45) is 0 Å². The molecule has 2 heterocycles. The largest absolute Gasteiger partial charge is 0.462 e. The highest BCUT2D eigenvalue weighted by molar-refractivity contribution is 7.89. The normalized spacial score (nSPS) is 16.5. The average molecular weight is 480 g/mol. The molecular weight excluding hydrogens is 450 g/mol. The number of esters is 1. The summed E-state index contributed by atoms with van der Waals surface area (Å²) < 4.78 is 30.8. The molecule has 2 aromatic rings. The number of hydrogen-bond donors (Lipinski definition) is 1. The van der Waals surface area contributed by atoms with E-state index in [-0.39, 0.29) is 18.3 Å². The van der Waals surface area contributed by atoms with E-state index in [1.54, 1.807) is 26.8 Å². The van der Waals surface area contributed by atoms with E-state index < -0.39 is 22.0 Å². The molecule has 0 saturated carbocycles. The van der Waals surface area contributed by atoms with E-state index >= 15 is 0 Å². The molecule has 3 rings (SSSR count). The first-order valence-electron chi connectivity index (χ1n) is 10.7. The van der Waals surface area contributed by atoms with Gasteiger partial charge in [-0.2, -0.15) is 4.31 Å². The fourth-order valence-corrected chi connectivity index (χ4v) is 5.66. The van der Waals surface area contributed by atoms with Gasteiger partial charge in [-0.05, 0) is 32.4 Å². The van der Waals surface area contributed by atoms with Gasteiger partial charge in [0.25, 0.3) is 0 Å². The molecule has 1 atom stereocenters. The summed E-state index contributed by atoms with van der Waals surface area (Å²) in [7, 11) is -3.23. The summed E-state index contributed by atoms with van der Waals surface area (Å²) >= 11 is 1.33. The molecule has 32 heavy (non-hydrogen) atoms. The van der Waals surface area contributed by atoms with Crippen LogP contribution in [-0.2, 0) is 19.6 Å².